The van der Waals surface area contributed by atoms with E-state index in [0.29, 0.717) is 31.1 Å². The molecule has 25 heavy (non-hydrogen) atoms. The van der Waals surface area contributed by atoms with Crippen LogP contribution in [0.15, 0.2) is 36.7 Å². The molecule has 1 N–H and O–H groups in total. The van der Waals surface area contributed by atoms with Crippen molar-refractivity contribution in [2.75, 3.05) is 7.05 Å². The number of amides is 2. The number of nitrogens with one attached hydrogen (secondary N) is 1. The normalized spacial score (nSPS) is 13.5. The second-order valence-corrected chi connectivity index (χ2v) is 6.56. The Hall–Kier alpha value is -2.63. The first-order chi connectivity index (χ1) is 12.1. The molecule has 1 fully saturated rings. The molecular formula is C19H24N4O2. The van der Waals surface area contributed by atoms with E-state index in [1.54, 1.807) is 25.4 Å². The minimum atomic E-state index is -0.101. The van der Waals surface area contributed by atoms with Gasteiger partial charge in [-0.25, -0.2) is 0 Å². The van der Waals surface area contributed by atoms with Crippen molar-refractivity contribution in [1.82, 2.24) is 20.0 Å². The number of benzene rings is 1. The Labute approximate surface area is 147 Å². The molecule has 1 heterocycles. The molecule has 1 aliphatic rings. The third-order valence-corrected chi connectivity index (χ3v) is 4.42. The molecule has 2 aromatic rings. The molecular weight excluding hydrogens is 316 g/mol. The number of hydrogen-bond acceptors (Lipinski definition) is 3. The summed E-state index contributed by atoms with van der Waals surface area (Å²) in [5, 5.41) is 6.84. The van der Waals surface area contributed by atoms with E-state index >= 15 is 0 Å². The van der Waals surface area contributed by atoms with Crippen molar-refractivity contribution in [3.63, 3.8) is 0 Å². The number of carbonyl (C=O) groups excluding carboxylic acids is 2. The quantitative estimate of drug-likeness (QED) is 0.840. The monoisotopic (exact) mass is 340 g/mol. The molecule has 3 rings (SSSR count). The summed E-state index contributed by atoms with van der Waals surface area (Å²) in [6.45, 7) is 3.19. The summed E-state index contributed by atoms with van der Waals surface area (Å²) >= 11 is 0. The first-order valence-electron chi connectivity index (χ1n) is 8.66. The van der Waals surface area contributed by atoms with Gasteiger partial charge in [-0.1, -0.05) is 12.1 Å². The van der Waals surface area contributed by atoms with Gasteiger partial charge in [0.25, 0.3) is 5.91 Å². The van der Waals surface area contributed by atoms with Crippen LogP contribution in [0.1, 0.15) is 40.7 Å². The average Bonchev–Trinajstić information content (AvgIpc) is 3.38. The van der Waals surface area contributed by atoms with Gasteiger partial charge in [0.1, 0.15) is 0 Å². The van der Waals surface area contributed by atoms with Gasteiger partial charge in [0.2, 0.25) is 5.91 Å². The molecule has 0 bridgehead atoms. The van der Waals surface area contributed by atoms with Crippen LogP contribution in [0.4, 0.5) is 0 Å². The lowest BCUT2D eigenvalue weighted by Crippen LogP contribution is -2.33. The molecule has 6 nitrogen and oxygen atoms in total. The van der Waals surface area contributed by atoms with E-state index in [-0.39, 0.29) is 11.8 Å². The third kappa shape index (κ3) is 4.47. The molecule has 2 amide bonds. The highest BCUT2D eigenvalue weighted by Gasteiger charge is 2.32. The van der Waals surface area contributed by atoms with Crippen molar-refractivity contribution in [2.24, 2.45) is 0 Å². The van der Waals surface area contributed by atoms with Gasteiger partial charge in [0.05, 0.1) is 6.20 Å². The van der Waals surface area contributed by atoms with E-state index in [1.165, 1.54) is 0 Å². The number of carbonyl (C=O) groups is 2. The van der Waals surface area contributed by atoms with Crippen LogP contribution in [0.2, 0.25) is 0 Å². The van der Waals surface area contributed by atoms with Crippen molar-refractivity contribution < 1.29 is 9.59 Å². The fraction of sp³-hybridized carbons (Fsp3) is 0.421. The van der Waals surface area contributed by atoms with Gasteiger partial charge in [-0.15, -0.1) is 0 Å². The largest absolute Gasteiger partial charge is 0.355 e. The van der Waals surface area contributed by atoms with Crippen LogP contribution in [0, 0.1) is 6.92 Å². The Morgan fingerprint density at radius 1 is 1.28 bits per heavy atom. The molecule has 0 unspecified atom stereocenters. The van der Waals surface area contributed by atoms with E-state index in [1.807, 2.05) is 34.8 Å². The summed E-state index contributed by atoms with van der Waals surface area (Å²) < 4.78 is 1.82. The molecule has 1 aromatic carbocycles. The molecule has 0 spiro atoms. The van der Waals surface area contributed by atoms with E-state index < -0.39 is 0 Å². The molecule has 1 saturated carbocycles. The lowest BCUT2D eigenvalue weighted by Gasteiger charge is -2.23. The van der Waals surface area contributed by atoms with Crippen LogP contribution >= 0.6 is 0 Å². The first kappa shape index (κ1) is 17.2. The van der Waals surface area contributed by atoms with Gasteiger partial charge in [-0.05, 0) is 43.0 Å². The van der Waals surface area contributed by atoms with Crippen LogP contribution < -0.4 is 5.32 Å². The maximum absolute atomic E-state index is 12.7. The minimum Gasteiger partial charge on any atom is -0.355 e. The summed E-state index contributed by atoms with van der Waals surface area (Å²) in [5.41, 5.74) is 2.77. The molecule has 0 radical (unpaired) electrons. The number of hydrogen-bond donors (Lipinski definition) is 1. The Balaban J connectivity index is 1.61. The van der Waals surface area contributed by atoms with Gasteiger partial charge in [-0.2, -0.15) is 5.10 Å². The van der Waals surface area contributed by atoms with Crippen LogP contribution in [-0.4, -0.2) is 39.6 Å². The Kier molecular flexibility index (Phi) is 5.16. The van der Waals surface area contributed by atoms with Crippen LogP contribution in [0.5, 0.6) is 0 Å². The molecule has 0 atom stereocenters. The maximum atomic E-state index is 12.7. The lowest BCUT2D eigenvalue weighted by atomic mass is 10.1. The zero-order valence-electron chi connectivity index (χ0n) is 14.7. The fourth-order valence-electron chi connectivity index (χ4n) is 2.85. The highest BCUT2D eigenvalue weighted by atomic mass is 16.2. The van der Waals surface area contributed by atoms with Gasteiger partial charge >= 0.3 is 0 Å². The SMILES string of the molecule is CNC(=O)c1ccc(CN(C(=O)CCn2cc(C)cn2)C2CC2)cc1. The van der Waals surface area contributed by atoms with E-state index in [9.17, 15) is 9.59 Å². The summed E-state index contributed by atoms with van der Waals surface area (Å²) in [7, 11) is 1.62. The fourth-order valence-corrected chi connectivity index (χ4v) is 2.85. The predicted octanol–water partition coefficient (Wildman–Crippen LogP) is 2.13. The number of rotatable bonds is 7. The second kappa shape index (κ2) is 7.51. The van der Waals surface area contributed by atoms with E-state index in [2.05, 4.69) is 10.4 Å². The molecule has 1 aromatic heterocycles. The van der Waals surface area contributed by atoms with Crippen molar-refractivity contribution >= 4 is 11.8 Å². The lowest BCUT2D eigenvalue weighted by molar-refractivity contribution is -0.132. The smallest absolute Gasteiger partial charge is 0.251 e. The Bertz CT molecular complexity index is 747. The standard InChI is InChI=1S/C19H24N4O2/c1-14-11-21-22(12-14)10-9-18(24)23(17-7-8-17)13-15-3-5-16(6-4-15)19(25)20-2/h3-6,11-12,17H,7-10,13H2,1-2H3,(H,20,25). The summed E-state index contributed by atoms with van der Waals surface area (Å²) in [6, 6.07) is 7.80. The van der Waals surface area contributed by atoms with Gasteiger partial charge < -0.3 is 10.2 Å². The number of aromatic nitrogens is 2. The topological polar surface area (TPSA) is 67.2 Å². The first-order valence-corrected chi connectivity index (χ1v) is 8.66. The molecule has 6 heteroatoms. The number of aryl methyl sites for hydroxylation is 2. The minimum absolute atomic E-state index is 0.101. The molecule has 1 aliphatic carbocycles. The zero-order valence-corrected chi connectivity index (χ0v) is 14.7. The third-order valence-electron chi connectivity index (χ3n) is 4.42. The van der Waals surface area contributed by atoms with E-state index in [0.717, 1.165) is 24.0 Å². The second-order valence-electron chi connectivity index (χ2n) is 6.56. The highest BCUT2D eigenvalue weighted by molar-refractivity contribution is 5.93. The Morgan fingerprint density at radius 3 is 2.56 bits per heavy atom. The van der Waals surface area contributed by atoms with Crippen molar-refractivity contribution in [3.05, 3.63) is 53.3 Å². The van der Waals surface area contributed by atoms with Gasteiger partial charge in [0.15, 0.2) is 0 Å². The van der Waals surface area contributed by atoms with Crippen molar-refractivity contribution in [1.29, 1.82) is 0 Å². The molecule has 132 valence electrons. The van der Waals surface area contributed by atoms with Gasteiger partial charge in [0, 0.05) is 44.4 Å². The summed E-state index contributed by atoms with van der Waals surface area (Å²) in [4.78, 5) is 26.2. The van der Waals surface area contributed by atoms with E-state index in [4.69, 9.17) is 0 Å². The summed E-state index contributed by atoms with van der Waals surface area (Å²) in [5.74, 6) is 0.0576. The van der Waals surface area contributed by atoms with Crippen molar-refractivity contribution in [2.45, 2.75) is 45.3 Å². The molecule has 0 saturated heterocycles. The van der Waals surface area contributed by atoms with Crippen molar-refractivity contribution in [3.8, 4) is 0 Å². The highest BCUT2D eigenvalue weighted by Crippen LogP contribution is 2.29. The van der Waals surface area contributed by atoms with Crippen LogP contribution in [0.25, 0.3) is 0 Å². The van der Waals surface area contributed by atoms with Crippen LogP contribution in [0.3, 0.4) is 0 Å². The van der Waals surface area contributed by atoms with Gasteiger partial charge in [-0.3, -0.25) is 14.3 Å². The zero-order chi connectivity index (χ0) is 17.8. The predicted molar refractivity (Wildman–Crippen MR) is 95.0 cm³/mol. The Morgan fingerprint density at radius 2 is 2.00 bits per heavy atom. The molecule has 0 aliphatic heterocycles. The number of nitrogens with zero attached hydrogens (tertiary/aromatic N) is 3. The average molecular weight is 340 g/mol. The maximum Gasteiger partial charge on any atom is 0.251 e. The van der Waals surface area contributed by atoms with Crippen LogP contribution in [-0.2, 0) is 17.9 Å². The summed E-state index contributed by atoms with van der Waals surface area (Å²) in [6.07, 6.45) is 6.35.